The van der Waals surface area contributed by atoms with Crippen molar-refractivity contribution in [2.45, 2.75) is 37.0 Å². The molecule has 3 rings (SSSR count). The van der Waals surface area contributed by atoms with Gasteiger partial charge in [-0.25, -0.2) is 4.79 Å². The van der Waals surface area contributed by atoms with Crippen LogP contribution in [0, 0.1) is 0 Å². The van der Waals surface area contributed by atoms with E-state index in [9.17, 15) is 4.79 Å². The van der Waals surface area contributed by atoms with E-state index in [-0.39, 0.29) is 11.6 Å². The predicted molar refractivity (Wildman–Crippen MR) is 77.0 cm³/mol. The molecule has 3 heterocycles. The second kappa shape index (κ2) is 6.22. The Labute approximate surface area is 124 Å². The molecule has 3 aliphatic heterocycles. The van der Waals surface area contributed by atoms with Crippen molar-refractivity contribution in [3.05, 3.63) is 0 Å². The summed E-state index contributed by atoms with van der Waals surface area (Å²) < 4.78 is 16.4. The third kappa shape index (κ3) is 2.98. The molecule has 3 fully saturated rings. The van der Waals surface area contributed by atoms with E-state index in [4.69, 9.17) is 14.2 Å². The molecule has 0 N–H and O–H groups in total. The molecule has 0 amide bonds. The van der Waals surface area contributed by atoms with E-state index in [1.54, 1.807) is 0 Å². The van der Waals surface area contributed by atoms with E-state index >= 15 is 0 Å². The van der Waals surface area contributed by atoms with Gasteiger partial charge in [0.15, 0.2) is 6.10 Å². The van der Waals surface area contributed by atoms with Gasteiger partial charge in [-0.1, -0.05) is 0 Å². The van der Waals surface area contributed by atoms with Crippen LogP contribution in [-0.4, -0.2) is 73.5 Å². The Kier molecular flexibility index (Phi) is 4.55. The summed E-state index contributed by atoms with van der Waals surface area (Å²) in [6.45, 7) is 3.01. The number of morpholine rings is 1. The zero-order valence-electron chi connectivity index (χ0n) is 12.0. The zero-order chi connectivity index (χ0) is 14.0. The maximum absolute atomic E-state index is 11.6. The predicted octanol–water partition coefficient (Wildman–Crippen LogP) is 0.915. The molecule has 3 unspecified atom stereocenters. The summed E-state index contributed by atoms with van der Waals surface area (Å²) in [6, 6.07) is 0.513. The molecule has 6 heteroatoms. The van der Waals surface area contributed by atoms with E-state index in [0.717, 1.165) is 31.7 Å². The van der Waals surface area contributed by atoms with Crippen LogP contribution < -0.4 is 0 Å². The van der Waals surface area contributed by atoms with Crippen LogP contribution in [-0.2, 0) is 19.0 Å². The van der Waals surface area contributed by atoms with Gasteiger partial charge in [-0.05, 0) is 25.0 Å². The second-order valence-electron chi connectivity index (χ2n) is 5.86. The van der Waals surface area contributed by atoms with Crippen molar-refractivity contribution < 1.29 is 19.0 Å². The number of ether oxygens (including phenoxy) is 3. The van der Waals surface area contributed by atoms with Crippen molar-refractivity contribution in [3.8, 4) is 0 Å². The Bertz CT molecular complexity index is 359. The quantitative estimate of drug-likeness (QED) is 0.707. The third-order valence-corrected chi connectivity index (χ3v) is 5.84. The van der Waals surface area contributed by atoms with Gasteiger partial charge in [0, 0.05) is 31.5 Å². The van der Waals surface area contributed by atoms with Gasteiger partial charge in [-0.3, -0.25) is 4.90 Å². The molecule has 0 saturated carbocycles. The van der Waals surface area contributed by atoms with E-state index in [1.807, 2.05) is 11.8 Å². The van der Waals surface area contributed by atoms with Crippen molar-refractivity contribution in [2.24, 2.45) is 0 Å². The first kappa shape index (κ1) is 14.6. The minimum Gasteiger partial charge on any atom is -0.467 e. The highest BCUT2D eigenvalue weighted by Crippen LogP contribution is 2.39. The van der Waals surface area contributed by atoms with Gasteiger partial charge in [0.2, 0.25) is 0 Å². The topological polar surface area (TPSA) is 48.0 Å². The number of methoxy groups -OCH3 is 1. The number of rotatable bonds is 2. The Hall–Kier alpha value is -0.300. The van der Waals surface area contributed by atoms with Crippen LogP contribution in [0.2, 0.25) is 0 Å². The van der Waals surface area contributed by atoms with Crippen molar-refractivity contribution >= 4 is 17.7 Å². The first-order valence-electron chi connectivity index (χ1n) is 7.38. The molecule has 3 aliphatic rings. The summed E-state index contributed by atoms with van der Waals surface area (Å²) in [6.07, 6.45) is 2.89. The van der Waals surface area contributed by atoms with E-state index in [0.29, 0.717) is 19.2 Å². The minimum absolute atomic E-state index is 0.0899. The lowest BCUT2D eigenvalue weighted by molar-refractivity contribution is -0.163. The highest BCUT2D eigenvalue weighted by molar-refractivity contribution is 7.99. The van der Waals surface area contributed by atoms with Gasteiger partial charge in [-0.2, -0.15) is 11.8 Å². The Morgan fingerprint density at radius 1 is 1.45 bits per heavy atom. The Balaban J connectivity index is 1.61. The molecule has 0 bridgehead atoms. The normalized spacial score (nSPS) is 39.0. The van der Waals surface area contributed by atoms with E-state index < -0.39 is 6.10 Å². The molecule has 0 aromatic rings. The number of hydrogen-bond acceptors (Lipinski definition) is 6. The minimum atomic E-state index is -0.425. The Morgan fingerprint density at radius 3 is 3.10 bits per heavy atom. The van der Waals surface area contributed by atoms with Gasteiger partial charge in [0.1, 0.15) is 0 Å². The SMILES string of the molecule is COC(=O)C1CN(C2CCOC3(CCSC3)C2)CCO1. The van der Waals surface area contributed by atoms with Crippen LogP contribution in [0.3, 0.4) is 0 Å². The number of carbonyl (C=O) groups excluding carboxylic acids is 1. The summed E-state index contributed by atoms with van der Waals surface area (Å²) >= 11 is 1.99. The zero-order valence-corrected chi connectivity index (χ0v) is 12.8. The number of nitrogens with zero attached hydrogens (tertiary/aromatic N) is 1. The van der Waals surface area contributed by atoms with Crippen molar-refractivity contribution in [1.29, 1.82) is 0 Å². The summed E-state index contributed by atoms with van der Waals surface area (Å²) in [7, 11) is 1.42. The fourth-order valence-corrected chi connectivity index (χ4v) is 4.83. The van der Waals surface area contributed by atoms with Crippen LogP contribution in [0.5, 0.6) is 0 Å². The molecule has 0 radical (unpaired) electrons. The molecular formula is C14H23NO4S. The lowest BCUT2D eigenvalue weighted by Gasteiger charge is -2.44. The molecular weight excluding hydrogens is 278 g/mol. The number of hydrogen-bond donors (Lipinski definition) is 0. The van der Waals surface area contributed by atoms with Gasteiger partial charge in [0.05, 0.1) is 19.3 Å². The summed E-state index contributed by atoms with van der Waals surface area (Å²) in [4.78, 5) is 14.0. The molecule has 5 nitrogen and oxygen atoms in total. The summed E-state index contributed by atoms with van der Waals surface area (Å²) in [5.41, 5.74) is 0.0899. The summed E-state index contributed by atoms with van der Waals surface area (Å²) in [5.74, 6) is 2.07. The maximum atomic E-state index is 11.6. The molecule has 1 spiro atoms. The van der Waals surface area contributed by atoms with Gasteiger partial charge in [-0.15, -0.1) is 0 Å². The largest absolute Gasteiger partial charge is 0.467 e. The highest BCUT2D eigenvalue weighted by atomic mass is 32.2. The molecule has 0 aromatic heterocycles. The van der Waals surface area contributed by atoms with Gasteiger partial charge >= 0.3 is 5.97 Å². The van der Waals surface area contributed by atoms with E-state index in [1.165, 1.54) is 19.3 Å². The first-order valence-corrected chi connectivity index (χ1v) is 8.53. The van der Waals surface area contributed by atoms with Gasteiger partial charge in [0.25, 0.3) is 0 Å². The smallest absolute Gasteiger partial charge is 0.336 e. The summed E-state index contributed by atoms with van der Waals surface area (Å²) in [5, 5.41) is 0. The Morgan fingerprint density at radius 2 is 2.35 bits per heavy atom. The van der Waals surface area contributed by atoms with Crippen LogP contribution in [0.1, 0.15) is 19.3 Å². The van der Waals surface area contributed by atoms with Crippen LogP contribution >= 0.6 is 11.8 Å². The number of esters is 1. The van der Waals surface area contributed by atoms with Gasteiger partial charge < -0.3 is 14.2 Å². The average Bonchev–Trinajstić information content (AvgIpc) is 2.94. The second-order valence-corrected chi connectivity index (χ2v) is 6.96. The van der Waals surface area contributed by atoms with Crippen molar-refractivity contribution in [1.82, 2.24) is 4.90 Å². The van der Waals surface area contributed by atoms with Crippen molar-refractivity contribution in [2.75, 3.05) is 44.9 Å². The third-order valence-electron chi connectivity index (χ3n) is 4.61. The molecule has 3 atom stereocenters. The monoisotopic (exact) mass is 301 g/mol. The molecule has 3 saturated heterocycles. The molecule has 20 heavy (non-hydrogen) atoms. The maximum Gasteiger partial charge on any atom is 0.336 e. The van der Waals surface area contributed by atoms with E-state index in [2.05, 4.69) is 4.90 Å². The number of carbonyl (C=O) groups is 1. The first-order chi connectivity index (χ1) is 9.72. The fourth-order valence-electron chi connectivity index (χ4n) is 3.45. The highest BCUT2D eigenvalue weighted by Gasteiger charge is 2.43. The lowest BCUT2D eigenvalue weighted by atomic mass is 9.88. The average molecular weight is 301 g/mol. The number of thioether (sulfide) groups is 1. The van der Waals surface area contributed by atoms with Crippen LogP contribution in [0.4, 0.5) is 0 Å². The van der Waals surface area contributed by atoms with Crippen LogP contribution in [0.15, 0.2) is 0 Å². The molecule has 114 valence electrons. The molecule has 0 aliphatic carbocycles. The fraction of sp³-hybridized carbons (Fsp3) is 0.929. The molecule has 0 aromatic carbocycles. The van der Waals surface area contributed by atoms with Crippen molar-refractivity contribution in [3.63, 3.8) is 0 Å². The lowest BCUT2D eigenvalue weighted by Crippen LogP contribution is -2.55. The van der Waals surface area contributed by atoms with Crippen LogP contribution in [0.25, 0.3) is 0 Å². The standard InChI is InChI=1S/C14H23NO4S/c1-17-13(16)12-9-15(4-6-18-12)11-2-5-19-14(8-11)3-7-20-10-14/h11-12H,2-10H2,1H3.